The molecule has 0 spiro atoms. The summed E-state index contributed by atoms with van der Waals surface area (Å²) in [7, 11) is 0. The minimum absolute atomic E-state index is 0.0476. The van der Waals surface area contributed by atoms with E-state index in [1.54, 1.807) is 0 Å². The van der Waals surface area contributed by atoms with Gasteiger partial charge in [0.25, 0.3) is 0 Å². The van der Waals surface area contributed by atoms with Gasteiger partial charge in [0.05, 0.1) is 5.02 Å². The lowest BCUT2D eigenvalue weighted by atomic mass is 10.3. The first-order valence-corrected chi connectivity index (χ1v) is 3.67. The van der Waals surface area contributed by atoms with Crippen molar-refractivity contribution in [1.29, 1.82) is 0 Å². The first-order valence-electron chi connectivity index (χ1n) is 2.92. The molecule has 1 aromatic rings. The third-order valence-corrected chi connectivity index (χ3v) is 1.61. The summed E-state index contributed by atoms with van der Waals surface area (Å²) in [5.74, 6) is -0.0476. The summed E-state index contributed by atoms with van der Waals surface area (Å²) < 4.78 is 15.8. The lowest BCUT2D eigenvalue weighted by Gasteiger charge is -2.00. The fourth-order valence-corrected chi connectivity index (χ4v) is 1.09. The normalized spacial score (nSPS) is 9.58. The molecule has 0 heterocycles. The summed E-state index contributed by atoms with van der Waals surface area (Å²) in [6.45, 7) is 0. The molecule has 0 aliphatic carbocycles. The van der Waals surface area contributed by atoms with E-state index in [1.807, 2.05) is 0 Å². The lowest BCUT2D eigenvalue weighted by molar-refractivity contribution is 0.175. The minimum Gasteiger partial charge on any atom is -0.400 e. The van der Waals surface area contributed by atoms with Gasteiger partial charge in [-0.25, -0.2) is 4.79 Å². The van der Waals surface area contributed by atoms with Crippen LogP contribution in [0.4, 0.5) is 9.18 Å². The van der Waals surface area contributed by atoms with Gasteiger partial charge in [0, 0.05) is 5.02 Å². The Bertz CT molecular complexity index is 314. The predicted octanol–water partition coefficient (Wildman–Crippen LogP) is 3.46. The van der Waals surface area contributed by atoms with Gasteiger partial charge in [0.1, 0.15) is 0 Å². The maximum absolute atomic E-state index is 11.7. The molecule has 0 aliphatic rings. The summed E-state index contributed by atoms with van der Waals surface area (Å²) in [5.41, 5.74) is 0. The summed E-state index contributed by atoms with van der Waals surface area (Å²) in [4.78, 5) is 9.87. The Morgan fingerprint density at radius 2 is 2.08 bits per heavy atom. The van der Waals surface area contributed by atoms with E-state index >= 15 is 0 Å². The van der Waals surface area contributed by atoms with Gasteiger partial charge in [-0.3, -0.25) is 0 Å². The highest BCUT2D eigenvalue weighted by atomic mass is 35.5. The van der Waals surface area contributed by atoms with E-state index in [-0.39, 0.29) is 10.8 Å². The van der Waals surface area contributed by atoms with Gasteiger partial charge in [-0.1, -0.05) is 23.2 Å². The third kappa shape index (κ3) is 2.36. The van der Waals surface area contributed by atoms with Crippen LogP contribution in [0.3, 0.4) is 0 Å². The van der Waals surface area contributed by atoms with Crippen LogP contribution in [-0.2, 0) is 0 Å². The van der Waals surface area contributed by atoms with E-state index in [0.717, 1.165) is 0 Å². The zero-order valence-electron chi connectivity index (χ0n) is 5.68. The van der Waals surface area contributed by atoms with Crippen LogP contribution in [0.2, 0.25) is 10.0 Å². The highest BCUT2D eigenvalue weighted by Gasteiger charge is 2.06. The number of ether oxygens (including phenoxy) is 1. The predicted molar refractivity (Wildman–Crippen MR) is 43.6 cm³/mol. The molecule has 0 aromatic heterocycles. The summed E-state index contributed by atoms with van der Waals surface area (Å²) in [5, 5.41) is 0.479. The highest BCUT2D eigenvalue weighted by Crippen LogP contribution is 2.27. The maximum Gasteiger partial charge on any atom is 0.501 e. The van der Waals surface area contributed by atoms with Crippen molar-refractivity contribution in [3.05, 3.63) is 28.2 Å². The topological polar surface area (TPSA) is 26.3 Å². The molecule has 1 aromatic carbocycles. The molecule has 0 unspecified atom stereocenters. The Hall–Kier alpha value is -0.800. The third-order valence-electron chi connectivity index (χ3n) is 1.08. The quantitative estimate of drug-likeness (QED) is 0.662. The molecule has 64 valence electrons. The van der Waals surface area contributed by atoms with Crippen molar-refractivity contribution in [2.24, 2.45) is 0 Å². The van der Waals surface area contributed by atoms with E-state index in [9.17, 15) is 9.18 Å². The van der Waals surface area contributed by atoms with Gasteiger partial charge in [-0.2, -0.15) is 0 Å². The minimum atomic E-state index is -1.90. The fraction of sp³-hybridized carbons (Fsp3) is 0. The molecule has 0 bridgehead atoms. The maximum atomic E-state index is 11.7. The van der Waals surface area contributed by atoms with Gasteiger partial charge >= 0.3 is 6.22 Å². The van der Waals surface area contributed by atoms with Gasteiger partial charge in [0.2, 0.25) is 0 Å². The largest absolute Gasteiger partial charge is 0.501 e. The molecule has 5 heteroatoms. The summed E-state index contributed by atoms with van der Waals surface area (Å²) >= 11 is 11.1. The van der Waals surface area contributed by atoms with Crippen LogP contribution in [-0.4, -0.2) is 6.22 Å². The smallest absolute Gasteiger partial charge is 0.400 e. The molecule has 0 aliphatic heterocycles. The van der Waals surface area contributed by atoms with Crippen molar-refractivity contribution < 1.29 is 13.9 Å². The summed E-state index contributed by atoms with van der Waals surface area (Å²) in [6.07, 6.45) is -1.90. The molecule has 0 saturated carbocycles. The molecule has 2 nitrogen and oxygen atoms in total. The molecule has 0 atom stereocenters. The van der Waals surface area contributed by atoms with Gasteiger partial charge in [-0.05, 0) is 18.2 Å². The van der Waals surface area contributed by atoms with E-state index in [1.165, 1.54) is 18.2 Å². The van der Waals surface area contributed by atoms with Crippen LogP contribution in [0.5, 0.6) is 5.75 Å². The van der Waals surface area contributed by atoms with E-state index in [2.05, 4.69) is 4.74 Å². The van der Waals surface area contributed by atoms with Gasteiger partial charge < -0.3 is 4.74 Å². The van der Waals surface area contributed by atoms with E-state index < -0.39 is 6.22 Å². The Kier molecular flexibility index (Phi) is 2.89. The van der Waals surface area contributed by atoms with Crippen LogP contribution in [0.1, 0.15) is 0 Å². The second-order valence-corrected chi connectivity index (χ2v) is 2.76. The molecule has 0 fully saturated rings. The molecule has 1 rings (SSSR count). The Morgan fingerprint density at radius 3 is 2.58 bits per heavy atom. The number of halogens is 3. The van der Waals surface area contributed by atoms with Gasteiger partial charge in [-0.15, -0.1) is 4.39 Å². The van der Waals surface area contributed by atoms with Crippen molar-refractivity contribution in [3.8, 4) is 5.75 Å². The van der Waals surface area contributed by atoms with Crippen molar-refractivity contribution in [3.63, 3.8) is 0 Å². The second kappa shape index (κ2) is 3.74. The van der Waals surface area contributed by atoms with Gasteiger partial charge in [0.15, 0.2) is 5.75 Å². The number of hydrogen-bond donors (Lipinski definition) is 0. The molecular weight excluding hydrogens is 206 g/mol. The molecule has 0 saturated heterocycles. The first kappa shape index (κ1) is 9.29. The standard InChI is InChI=1S/C7H3Cl2FO2/c8-4-1-2-6(5(9)3-4)12-7(10)11/h1-3H. The van der Waals surface area contributed by atoms with Crippen LogP contribution in [0.25, 0.3) is 0 Å². The van der Waals surface area contributed by atoms with Crippen molar-refractivity contribution >= 4 is 29.4 Å². The number of rotatable bonds is 1. The van der Waals surface area contributed by atoms with E-state index in [4.69, 9.17) is 23.2 Å². The molecule has 0 amide bonds. The molecule has 12 heavy (non-hydrogen) atoms. The molecule has 0 radical (unpaired) electrons. The average Bonchev–Trinajstić information content (AvgIpc) is 1.94. The Balaban J connectivity index is 2.93. The average molecular weight is 209 g/mol. The number of hydrogen-bond acceptors (Lipinski definition) is 2. The van der Waals surface area contributed by atoms with Crippen molar-refractivity contribution in [2.75, 3.05) is 0 Å². The van der Waals surface area contributed by atoms with Crippen LogP contribution < -0.4 is 4.74 Å². The number of benzene rings is 1. The lowest BCUT2D eigenvalue weighted by Crippen LogP contribution is -1.97. The Labute approximate surface area is 77.8 Å². The molecule has 0 N–H and O–H groups in total. The van der Waals surface area contributed by atoms with Crippen molar-refractivity contribution in [1.82, 2.24) is 0 Å². The highest BCUT2D eigenvalue weighted by molar-refractivity contribution is 6.35. The Morgan fingerprint density at radius 1 is 1.42 bits per heavy atom. The zero-order valence-corrected chi connectivity index (χ0v) is 7.19. The monoisotopic (exact) mass is 208 g/mol. The summed E-state index contributed by atoms with van der Waals surface area (Å²) in [6, 6.07) is 4.09. The number of carbonyl (C=O) groups is 1. The zero-order chi connectivity index (χ0) is 9.14. The number of carbonyl (C=O) groups excluding carboxylic acids is 1. The first-order chi connectivity index (χ1) is 5.59. The van der Waals surface area contributed by atoms with E-state index in [0.29, 0.717) is 5.02 Å². The SMILES string of the molecule is O=C(F)Oc1ccc(Cl)cc1Cl. The van der Waals surface area contributed by atoms with Crippen LogP contribution >= 0.6 is 23.2 Å². The molecular formula is C7H3Cl2FO2. The van der Waals surface area contributed by atoms with Crippen LogP contribution in [0, 0.1) is 0 Å². The second-order valence-electron chi connectivity index (χ2n) is 1.91. The fourth-order valence-electron chi connectivity index (χ4n) is 0.644. The van der Waals surface area contributed by atoms with Crippen LogP contribution in [0.15, 0.2) is 18.2 Å². The van der Waals surface area contributed by atoms with Crippen molar-refractivity contribution in [2.45, 2.75) is 0 Å².